The first-order valence-electron chi connectivity index (χ1n) is 9.05. The lowest BCUT2D eigenvalue weighted by Crippen LogP contribution is -2.53. The molecule has 0 unspecified atom stereocenters. The molecule has 1 aromatic heterocycles. The van der Waals surface area contributed by atoms with E-state index in [0.717, 1.165) is 44.4 Å². The smallest absolute Gasteiger partial charge is 0.223 e. The van der Waals surface area contributed by atoms with E-state index < -0.39 is 0 Å². The zero-order chi connectivity index (χ0) is 17.0. The van der Waals surface area contributed by atoms with Crippen LogP contribution in [-0.2, 0) is 13.1 Å². The third kappa shape index (κ3) is 2.52. The minimum Gasteiger partial charge on any atom is -0.368 e. The van der Waals surface area contributed by atoms with Crippen molar-refractivity contribution < 1.29 is 0 Å². The van der Waals surface area contributed by atoms with Crippen molar-refractivity contribution in [3.05, 3.63) is 41.5 Å². The van der Waals surface area contributed by atoms with Crippen molar-refractivity contribution in [1.29, 1.82) is 0 Å². The fraction of sp³-hybridized carbons (Fsp3) is 0.474. The lowest BCUT2D eigenvalue weighted by Gasteiger charge is -2.40. The third-order valence-electron chi connectivity index (χ3n) is 6.03. The number of nitrogen functional groups attached to an aromatic ring is 1. The molecule has 0 bridgehead atoms. The topological polar surface area (TPSA) is 61.5 Å². The molecule has 0 atom stereocenters. The first kappa shape index (κ1) is 15.0. The molecular formula is C19H24N6. The van der Waals surface area contributed by atoms with Crippen LogP contribution in [0.15, 0.2) is 30.3 Å². The molecule has 1 aromatic carbocycles. The molecule has 0 amide bonds. The Balaban J connectivity index is 1.42. The van der Waals surface area contributed by atoms with Gasteiger partial charge in [0, 0.05) is 44.3 Å². The molecule has 1 aliphatic carbocycles. The van der Waals surface area contributed by atoms with Gasteiger partial charge in [-0.3, -0.25) is 4.90 Å². The Kier molecular flexibility index (Phi) is 3.19. The van der Waals surface area contributed by atoms with E-state index in [0.29, 0.717) is 11.5 Å². The van der Waals surface area contributed by atoms with Crippen LogP contribution in [0, 0.1) is 0 Å². The molecular weight excluding hydrogens is 312 g/mol. The minimum atomic E-state index is 0.363. The Hall–Kier alpha value is -2.34. The summed E-state index contributed by atoms with van der Waals surface area (Å²) in [5, 5.41) is 0. The molecule has 2 fully saturated rings. The van der Waals surface area contributed by atoms with Crippen LogP contribution in [0.3, 0.4) is 0 Å². The predicted octanol–water partition coefficient (Wildman–Crippen LogP) is 1.86. The molecule has 3 heterocycles. The number of nitrogens with two attached hydrogens (primary N) is 1. The van der Waals surface area contributed by atoms with Gasteiger partial charge in [-0.2, -0.15) is 9.97 Å². The maximum atomic E-state index is 6.06. The highest BCUT2D eigenvalue weighted by Crippen LogP contribution is 2.44. The number of hydrogen-bond acceptors (Lipinski definition) is 6. The Morgan fingerprint density at radius 1 is 0.960 bits per heavy atom. The van der Waals surface area contributed by atoms with Gasteiger partial charge in [-0.15, -0.1) is 0 Å². The van der Waals surface area contributed by atoms with Gasteiger partial charge in [0.15, 0.2) is 0 Å². The molecule has 2 aliphatic heterocycles. The summed E-state index contributed by atoms with van der Waals surface area (Å²) in [6.07, 6.45) is 2.57. The van der Waals surface area contributed by atoms with Crippen molar-refractivity contribution in [2.75, 3.05) is 42.2 Å². The summed E-state index contributed by atoms with van der Waals surface area (Å²) in [6.45, 7) is 4.89. The standard InChI is InChI=1S/C19H24N6/c1-23-8-9-24(13-19(23)6-7-19)16-10-17(22-18(20)21-16)25-11-14-4-2-3-5-15(14)12-25/h2-5,10H,6-9,11-13H2,1H3,(H2,20,21,22). The highest BCUT2D eigenvalue weighted by molar-refractivity contribution is 5.57. The molecule has 6 nitrogen and oxygen atoms in total. The van der Waals surface area contributed by atoms with Crippen molar-refractivity contribution in [2.45, 2.75) is 31.5 Å². The van der Waals surface area contributed by atoms with Crippen LogP contribution in [0.1, 0.15) is 24.0 Å². The largest absolute Gasteiger partial charge is 0.368 e. The van der Waals surface area contributed by atoms with Crippen LogP contribution in [0.2, 0.25) is 0 Å². The van der Waals surface area contributed by atoms with Gasteiger partial charge in [-0.05, 0) is 31.0 Å². The van der Waals surface area contributed by atoms with Crippen LogP contribution in [0.5, 0.6) is 0 Å². The first-order chi connectivity index (χ1) is 12.1. The normalized spacial score (nSPS) is 21.6. The predicted molar refractivity (Wildman–Crippen MR) is 99.6 cm³/mol. The Morgan fingerprint density at radius 2 is 1.60 bits per heavy atom. The van der Waals surface area contributed by atoms with Crippen molar-refractivity contribution in [3.63, 3.8) is 0 Å². The second-order valence-corrected chi connectivity index (χ2v) is 7.63. The van der Waals surface area contributed by atoms with Gasteiger partial charge in [0.05, 0.1) is 0 Å². The van der Waals surface area contributed by atoms with Gasteiger partial charge in [0.1, 0.15) is 11.6 Å². The lowest BCUT2D eigenvalue weighted by molar-refractivity contribution is 0.198. The fourth-order valence-corrected chi connectivity index (χ4v) is 4.20. The molecule has 2 N–H and O–H groups in total. The number of anilines is 3. The van der Waals surface area contributed by atoms with E-state index in [4.69, 9.17) is 5.73 Å². The monoisotopic (exact) mass is 336 g/mol. The lowest BCUT2D eigenvalue weighted by atomic mass is 10.1. The van der Waals surface area contributed by atoms with E-state index in [1.807, 2.05) is 0 Å². The highest BCUT2D eigenvalue weighted by atomic mass is 15.4. The van der Waals surface area contributed by atoms with Gasteiger partial charge in [-0.1, -0.05) is 24.3 Å². The SMILES string of the molecule is CN1CCN(c2cc(N3Cc4ccccc4C3)nc(N)n2)CC12CC2. The van der Waals surface area contributed by atoms with Crippen molar-refractivity contribution in [1.82, 2.24) is 14.9 Å². The number of benzene rings is 1. The molecule has 25 heavy (non-hydrogen) atoms. The van der Waals surface area contributed by atoms with Crippen LogP contribution < -0.4 is 15.5 Å². The van der Waals surface area contributed by atoms with Gasteiger partial charge in [0.2, 0.25) is 5.95 Å². The summed E-state index contributed by atoms with van der Waals surface area (Å²) in [7, 11) is 2.24. The highest BCUT2D eigenvalue weighted by Gasteiger charge is 2.49. The summed E-state index contributed by atoms with van der Waals surface area (Å²) in [5.74, 6) is 2.27. The number of nitrogens with zero attached hydrogens (tertiary/aromatic N) is 5. The van der Waals surface area contributed by atoms with Crippen LogP contribution in [0.25, 0.3) is 0 Å². The zero-order valence-corrected chi connectivity index (χ0v) is 14.6. The molecule has 130 valence electrons. The van der Waals surface area contributed by atoms with E-state index in [1.165, 1.54) is 24.0 Å². The second kappa shape index (κ2) is 5.33. The third-order valence-corrected chi connectivity index (χ3v) is 6.03. The number of aromatic nitrogens is 2. The maximum Gasteiger partial charge on any atom is 0.223 e. The van der Waals surface area contributed by atoms with E-state index in [2.05, 4.69) is 62.0 Å². The van der Waals surface area contributed by atoms with E-state index in [1.54, 1.807) is 0 Å². The second-order valence-electron chi connectivity index (χ2n) is 7.63. The van der Waals surface area contributed by atoms with Crippen LogP contribution in [0.4, 0.5) is 17.6 Å². The zero-order valence-electron chi connectivity index (χ0n) is 14.6. The molecule has 5 rings (SSSR count). The summed E-state index contributed by atoms with van der Waals surface area (Å²) in [4.78, 5) is 16.2. The number of likely N-dealkylation sites (N-methyl/N-ethyl adjacent to an activating group) is 1. The Labute approximate surface area is 148 Å². The Morgan fingerprint density at radius 3 is 2.24 bits per heavy atom. The number of rotatable bonds is 2. The molecule has 0 radical (unpaired) electrons. The van der Waals surface area contributed by atoms with Crippen molar-refractivity contribution >= 4 is 17.6 Å². The van der Waals surface area contributed by atoms with Crippen LogP contribution >= 0.6 is 0 Å². The van der Waals surface area contributed by atoms with Crippen molar-refractivity contribution in [3.8, 4) is 0 Å². The van der Waals surface area contributed by atoms with Gasteiger partial charge in [-0.25, -0.2) is 0 Å². The Bertz CT molecular complexity index is 790. The van der Waals surface area contributed by atoms with E-state index in [9.17, 15) is 0 Å². The number of piperazine rings is 1. The van der Waals surface area contributed by atoms with Crippen LogP contribution in [-0.4, -0.2) is 47.1 Å². The maximum absolute atomic E-state index is 6.06. The van der Waals surface area contributed by atoms with Gasteiger partial charge < -0.3 is 15.5 Å². The molecule has 2 aromatic rings. The number of fused-ring (bicyclic) bond motifs is 1. The molecule has 3 aliphatic rings. The summed E-state index contributed by atoms with van der Waals surface area (Å²) in [5.41, 5.74) is 9.17. The van der Waals surface area contributed by atoms with Crippen molar-refractivity contribution in [2.24, 2.45) is 0 Å². The summed E-state index contributed by atoms with van der Waals surface area (Å²) < 4.78 is 0. The average Bonchev–Trinajstić information content (AvgIpc) is 3.24. The minimum absolute atomic E-state index is 0.363. The van der Waals surface area contributed by atoms with E-state index >= 15 is 0 Å². The molecule has 1 spiro atoms. The quantitative estimate of drug-likeness (QED) is 0.903. The first-order valence-corrected chi connectivity index (χ1v) is 9.05. The average molecular weight is 336 g/mol. The van der Waals surface area contributed by atoms with E-state index in [-0.39, 0.29) is 0 Å². The molecule has 1 saturated heterocycles. The van der Waals surface area contributed by atoms with Gasteiger partial charge in [0.25, 0.3) is 0 Å². The summed E-state index contributed by atoms with van der Waals surface area (Å²) in [6, 6.07) is 10.7. The summed E-state index contributed by atoms with van der Waals surface area (Å²) >= 11 is 0. The fourth-order valence-electron chi connectivity index (χ4n) is 4.20. The number of hydrogen-bond donors (Lipinski definition) is 1. The molecule has 6 heteroatoms. The molecule has 1 saturated carbocycles. The van der Waals surface area contributed by atoms with Gasteiger partial charge >= 0.3 is 0 Å².